The molecule has 0 saturated heterocycles. The van der Waals surface area contributed by atoms with E-state index >= 15 is 0 Å². The Balaban J connectivity index is 2.63. The highest BCUT2D eigenvalue weighted by Crippen LogP contribution is 2.40. The van der Waals surface area contributed by atoms with Gasteiger partial charge in [-0.15, -0.1) is 0 Å². The lowest BCUT2D eigenvalue weighted by Gasteiger charge is -2.43. The molecule has 20 heavy (non-hydrogen) atoms. The number of hydrogen-bond donors (Lipinski definition) is 2. The zero-order valence-corrected chi connectivity index (χ0v) is 14.7. The molecule has 3 heteroatoms. The van der Waals surface area contributed by atoms with Gasteiger partial charge in [-0.3, -0.25) is 0 Å². The molecule has 0 aromatic rings. The average molecular weight is 284 g/mol. The molecule has 3 atom stereocenters. The minimum absolute atomic E-state index is 0.409. The third kappa shape index (κ3) is 5.71. The van der Waals surface area contributed by atoms with Crippen LogP contribution in [0.25, 0.3) is 0 Å². The molecule has 0 bridgehead atoms. The molecule has 2 N–H and O–H groups in total. The summed E-state index contributed by atoms with van der Waals surface area (Å²) in [4.78, 5) is 2.29. The monoisotopic (exact) mass is 284 g/mol. The Kier molecular flexibility index (Phi) is 6.06. The van der Waals surface area contributed by atoms with Gasteiger partial charge < -0.3 is 15.3 Å². The van der Waals surface area contributed by atoms with E-state index in [0.717, 1.165) is 19.0 Å². The number of aliphatic hydroxyl groups is 1. The van der Waals surface area contributed by atoms with Gasteiger partial charge in [0.05, 0.1) is 5.60 Å². The van der Waals surface area contributed by atoms with E-state index in [1.807, 2.05) is 13.8 Å². The molecule has 120 valence electrons. The number of hydrogen-bond acceptors (Lipinski definition) is 3. The van der Waals surface area contributed by atoms with Gasteiger partial charge in [0, 0.05) is 19.1 Å². The second-order valence-corrected chi connectivity index (χ2v) is 8.54. The summed E-state index contributed by atoms with van der Waals surface area (Å²) in [5, 5.41) is 13.5. The van der Waals surface area contributed by atoms with E-state index in [1.165, 1.54) is 19.3 Å². The zero-order chi connectivity index (χ0) is 15.6. The van der Waals surface area contributed by atoms with Crippen molar-refractivity contribution in [3.63, 3.8) is 0 Å². The van der Waals surface area contributed by atoms with Crippen LogP contribution in [0.2, 0.25) is 0 Å². The van der Waals surface area contributed by atoms with Gasteiger partial charge in [-0.2, -0.15) is 0 Å². The smallest absolute Gasteiger partial charge is 0.0718 e. The molecule has 1 aliphatic carbocycles. The summed E-state index contributed by atoms with van der Waals surface area (Å²) < 4.78 is 0. The maximum atomic E-state index is 9.96. The van der Waals surface area contributed by atoms with Gasteiger partial charge in [0.2, 0.25) is 0 Å². The topological polar surface area (TPSA) is 35.5 Å². The van der Waals surface area contributed by atoms with Crippen molar-refractivity contribution >= 4 is 0 Å². The lowest BCUT2D eigenvalue weighted by molar-refractivity contribution is 0.0288. The van der Waals surface area contributed by atoms with Gasteiger partial charge in [-0.25, -0.2) is 0 Å². The molecule has 0 radical (unpaired) electrons. The average Bonchev–Trinajstić information content (AvgIpc) is 2.24. The zero-order valence-electron chi connectivity index (χ0n) is 14.7. The summed E-state index contributed by atoms with van der Waals surface area (Å²) in [6, 6.07) is 0.623. The van der Waals surface area contributed by atoms with Gasteiger partial charge in [0.1, 0.15) is 0 Å². The minimum Gasteiger partial charge on any atom is -0.389 e. The first-order chi connectivity index (χ1) is 9.03. The molecular formula is C17H36N2O. The number of rotatable bonds is 5. The van der Waals surface area contributed by atoms with Crippen molar-refractivity contribution in [3.05, 3.63) is 0 Å². The molecule has 1 saturated carbocycles. The van der Waals surface area contributed by atoms with Gasteiger partial charge >= 0.3 is 0 Å². The largest absolute Gasteiger partial charge is 0.389 e. The Hall–Kier alpha value is -0.120. The summed E-state index contributed by atoms with van der Waals surface area (Å²) in [5.74, 6) is 1.50. The first-order valence-corrected chi connectivity index (χ1v) is 8.11. The summed E-state index contributed by atoms with van der Waals surface area (Å²) in [6.07, 6.45) is 3.91. The molecule has 0 aromatic heterocycles. The molecule has 0 heterocycles. The van der Waals surface area contributed by atoms with E-state index in [0.29, 0.717) is 17.4 Å². The van der Waals surface area contributed by atoms with Crippen LogP contribution in [0.4, 0.5) is 0 Å². The van der Waals surface area contributed by atoms with Crippen LogP contribution in [0.1, 0.15) is 53.9 Å². The van der Waals surface area contributed by atoms with Gasteiger partial charge in [0.25, 0.3) is 0 Å². The van der Waals surface area contributed by atoms with E-state index in [-0.39, 0.29) is 0 Å². The van der Waals surface area contributed by atoms with Crippen molar-refractivity contribution in [2.24, 2.45) is 17.3 Å². The van der Waals surface area contributed by atoms with Crippen LogP contribution in [0, 0.1) is 17.3 Å². The van der Waals surface area contributed by atoms with Crippen molar-refractivity contribution in [1.82, 2.24) is 10.2 Å². The number of likely N-dealkylation sites (N-methyl/N-ethyl adjacent to an activating group) is 1. The molecule has 0 spiro atoms. The molecule has 1 aliphatic rings. The second-order valence-electron chi connectivity index (χ2n) is 8.54. The number of nitrogens with one attached hydrogen (secondary N) is 1. The number of nitrogens with zero attached hydrogens (tertiary/aromatic N) is 1. The molecule has 3 nitrogen and oxygen atoms in total. The molecular weight excluding hydrogens is 248 g/mol. The quantitative estimate of drug-likeness (QED) is 0.815. The van der Waals surface area contributed by atoms with Crippen LogP contribution in [-0.4, -0.2) is 48.8 Å². The van der Waals surface area contributed by atoms with E-state index in [9.17, 15) is 5.11 Å². The lowest BCUT2D eigenvalue weighted by Crippen LogP contribution is -2.47. The first kappa shape index (κ1) is 17.9. The summed E-state index contributed by atoms with van der Waals surface area (Å²) in [7, 11) is 4.22. The van der Waals surface area contributed by atoms with Crippen LogP contribution in [-0.2, 0) is 0 Å². The molecule has 0 amide bonds. The van der Waals surface area contributed by atoms with Crippen LogP contribution in [0.15, 0.2) is 0 Å². The first-order valence-electron chi connectivity index (χ1n) is 8.11. The third-order valence-electron chi connectivity index (χ3n) is 4.78. The highest BCUT2D eigenvalue weighted by molar-refractivity contribution is 4.90. The lowest BCUT2D eigenvalue weighted by atomic mass is 9.67. The van der Waals surface area contributed by atoms with Crippen molar-refractivity contribution in [1.29, 1.82) is 0 Å². The molecule has 3 unspecified atom stereocenters. The Bertz CT molecular complexity index is 290. The predicted molar refractivity (Wildman–Crippen MR) is 86.9 cm³/mol. The van der Waals surface area contributed by atoms with Gasteiger partial charge in [0.15, 0.2) is 0 Å². The predicted octanol–water partition coefficient (Wildman–Crippen LogP) is 2.74. The maximum absolute atomic E-state index is 9.96. The highest BCUT2D eigenvalue weighted by Gasteiger charge is 2.35. The fourth-order valence-electron chi connectivity index (χ4n) is 3.76. The molecule has 1 fully saturated rings. The second kappa shape index (κ2) is 6.76. The summed E-state index contributed by atoms with van der Waals surface area (Å²) >= 11 is 0. The fraction of sp³-hybridized carbons (Fsp3) is 1.00. The van der Waals surface area contributed by atoms with Gasteiger partial charge in [-0.1, -0.05) is 20.8 Å². The van der Waals surface area contributed by atoms with Crippen LogP contribution < -0.4 is 5.32 Å². The SMILES string of the molecule is CNC1CCC(C(C)(C)C)CC1CN(C)CC(C)(C)O. The minimum atomic E-state index is -0.609. The highest BCUT2D eigenvalue weighted by atomic mass is 16.3. The van der Waals surface area contributed by atoms with Crippen LogP contribution >= 0.6 is 0 Å². The Morgan fingerprint density at radius 2 is 1.75 bits per heavy atom. The maximum Gasteiger partial charge on any atom is 0.0718 e. The Morgan fingerprint density at radius 3 is 2.20 bits per heavy atom. The van der Waals surface area contributed by atoms with E-state index in [4.69, 9.17) is 0 Å². The fourth-order valence-corrected chi connectivity index (χ4v) is 3.76. The van der Waals surface area contributed by atoms with E-state index in [2.05, 4.69) is 45.1 Å². The molecule has 0 aliphatic heterocycles. The molecule has 0 aromatic carbocycles. The molecule has 1 rings (SSSR count). The van der Waals surface area contributed by atoms with E-state index in [1.54, 1.807) is 0 Å². The summed E-state index contributed by atoms with van der Waals surface area (Å²) in [5.41, 5.74) is -0.201. The van der Waals surface area contributed by atoms with Crippen molar-refractivity contribution in [2.75, 3.05) is 27.2 Å². The summed E-state index contributed by atoms with van der Waals surface area (Å²) in [6.45, 7) is 12.7. The Morgan fingerprint density at radius 1 is 1.15 bits per heavy atom. The van der Waals surface area contributed by atoms with Crippen molar-refractivity contribution in [3.8, 4) is 0 Å². The normalized spacial score (nSPS) is 28.9. The van der Waals surface area contributed by atoms with Crippen LogP contribution in [0.3, 0.4) is 0 Å². The standard InChI is InChI=1S/C17H36N2O/c1-16(2,3)14-8-9-15(18-6)13(10-14)11-19(7)12-17(4,5)20/h13-15,18,20H,8-12H2,1-7H3. The van der Waals surface area contributed by atoms with Gasteiger partial charge in [-0.05, 0) is 64.5 Å². The van der Waals surface area contributed by atoms with Crippen molar-refractivity contribution in [2.45, 2.75) is 65.5 Å². The third-order valence-corrected chi connectivity index (χ3v) is 4.78. The van der Waals surface area contributed by atoms with Crippen molar-refractivity contribution < 1.29 is 5.11 Å². The van der Waals surface area contributed by atoms with E-state index < -0.39 is 5.60 Å². The Labute approximate surface area is 126 Å². The van der Waals surface area contributed by atoms with Crippen LogP contribution in [0.5, 0.6) is 0 Å².